The van der Waals surface area contributed by atoms with E-state index in [0.717, 1.165) is 0 Å². The standard InChI is InChI=1S/C14H17N3O4/c1-9(4-5-18)7-16-14(19)12-8-15-13-3-2-10(17(20)21)6-11(12)13/h2-3,6,8-9,15,18H,4-5,7H2,1H3,(H,16,19). The molecular formula is C14H17N3O4. The summed E-state index contributed by atoms with van der Waals surface area (Å²) in [7, 11) is 0. The van der Waals surface area contributed by atoms with Crippen LogP contribution < -0.4 is 5.32 Å². The number of aromatic nitrogens is 1. The number of non-ortho nitro benzene ring substituents is 1. The van der Waals surface area contributed by atoms with Crippen molar-refractivity contribution in [2.45, 2.75) is 13.3 Å². The van der Waals surface area contributed by atoms with Gasteiger partial charge in [0.05, 0.1) is 10.5 Å². The number of rotatable bonds is 6. The maximum absolute atomic E-state index is 12.1. The van der Waals surface area contributed by atoms with Crippen LogP contribution in [0.4, 0.5) is 5.69 Å². The van der Waals surface area contributed by atoms with Gasteiger partial charge in [0.25, 0.3) is 11.6 Å². The predicted octanol–water partition coefficient (Wildman–Crippen LogP) is 1.82. The van der Waals surface area contributed by atoms with Gasteiger partial charge < -0.3 is 15.4 Å². The number of nitro groups is 1. The van der Waals surface area contributed by atoms with Crippen molar-refractivity contribution in [1.82, 2.24) is 10.3 Å². The Hall–Kier alpha value is -2.41. The molecule has 1 aromatic heterocycles. The molecular weight excluding hydrogens is 274 g/mol. The molecule has 0 saturated carbocycles. The van der Waals surface area contributed by atoms with Gasteiger partial charge in [0.15, 0.2) is 0 Å². The lowest BCUT2D eigenvalue weighted by Crippen LogP contribution is -2.28. The molecule has 0 bridgehead atoms. The van der Waals surface area contributed by atoms with Crippen molar-refractivity contribution in [2.75, 3.05) is 13.2 Å². The van der Waals surface area contributed by atoms with E-state index in [2.05, 4.69) is 10.3 Å². The smallest absolute Gasteiger partial charge is 0.270 e. The van der Waals surface area contributed by atoms with Gasteiger partial charge >= 0.3 is 0 Å². The summed E-state index contributed by atoms with van der Waals surface area (Å²) in [5.74, 6) is -0.120. The first kappa shape index (κ1) is 15.0. The number of H-pyrrole nitrogens is 1. The third-order valence-electron chi connectivity index (χ3n) is 3.35. The molecule has 1 unspecified atom stereocenters. The number of benzene rings is 1. The minimum atomic E-state index is -0.489. The zero-order chi connectivity index (χ0) is 15.4. The molecule has 3 N–H and O–H groups in total. The summed E-state index contributed by atoms with van der Waals surface area (Å²) in [6.45, 7) is 2.45. The summed E-state index contributed by atoms with van der Waals surface area (Å²) < 4.78 is 0. The van der Waals surface area contributed by atoms with Crippen LogP contribution in [-0.4, -0.2) is 34.1 Å². The van der Waals surface area contributed by atoms with Crippen LogP contribution in [-0.2, 0) is 0 Å². The minimum Gasteiger partial charge on any atom is -0.396 e. The maximum atomic E-state index is 12.1. The van der Waals surface area contributed by atoms with Crippen molar-refractivity contribution in [1.29, 1.82) is 0 Å². The highest BCUT2D eigenvalue weighted by Crippen LogP contribution is 2.23. The number of aliphatic hydroxyl groups is 1. The first-order valence-corrected chi connectivity index (χ1v) is 6.67. The van der Waals surface area contributed by atoms with Crippen molar-refractivity contribution in [3.8, 4) is 0 Å². The van der Waals surface area contributed by atoms with E-state index in [0.29, 0.717) is 29.4 Å². The quantitative estimate of drug-likeness (QED) is 0.557. The monoisotopic (exact) mass is 291 g/mol. The highest BCUT2D eigenvalue weighted by molar-refractivity contribution is 6.07. The summed E-state index contributed by atoms with van der Waals surface area (Å²) in [5, 5.41) is 22.9. The Bertz CT molecular complexity index is 665. The molecule has 112 valence electrons. The zero-order valence-corrected chi connectivity index (χ0v) is 11.6. The van der Waals surface area contributed by atoms with Gasteiger partial charge in [-0.15, -0.1) is 0 Å². The third kappa shape index (κ3) is 3.38. The molecule has 1 aromatic carbocycles. The van der Waals surface area contributed by atoms with E-state index in [-0.39, 0.29) is 24.1 Å². The Kier molecular flexibility index (Phi) is 4.54. The van der Waals surface area contributed by atoms with E-state index >= 15 is 0 Å². The van der Waals surface area contributed by atoms with Gasteiger partial charge in [-0.3, -0.25) is 14.9 Å². The van der Waals surface area contributed by atoms with Gasteiger partial charge in [0.2, 0.25) is 0 Å². The maximum Gasteiger partial charge on any atom is 0.270 e. The van der Waals surface area contributed by atoms with Gasteiger partial charge in [0.1, 0.15) is 0 Å². The van der Waals surface area contributed by atoms with E-state index in [1.165, 1.54) is 12.1 Å². The molecule has 0 fully saturated rings. The minimum absolute atomic E-state index is 0.0511. The van der Waals surface area contributed by atoms with Gasteiger partial charge in [-0.05, 0) is 18.4 Å². The summed E-state index contributed by atoms with van der Waals surface area (Å²) in [6, 6.07) is 4.36. The van der Waals surface area contributed by atoms with Crippen LogP contribution in [0.2, 0.25) is 0 Å². The fourth-order valence-electron chi connectivity index (χ4n) is 2.09. The second-order valence-electron chi connectivity index (χ2n) is 5.02. The number of aromatic amines is 1. The number of fused-ring (bicyclic) bond motifs is 1. The Balaban J connectivity index is 2.19. The Morgan fingerprint density at radius 2 is 2.29 bits per heavy atom. The fourth-order valence-corrected chi connectivity index (χ4v) is 2.09. The first-order chi connectivity index (χ1) is 10.0. The molecule has 1 atom stereocenters. The van der Waals surface area contributed by atoms with Gasteiger partial charge in [-0.2, -0.15) is 0 Å². The fraction of sp³-hybridized carbons (Fsp3) is 0.357. The highest BCUT2D eigenvalue weighted by atomic mass is 16.6. The van der Waals surface area contributed by atoms with Crippen LogP contribution in [0.1, 0.15) is 23.7 Å². The summed E-state index contributed by atoms with van der Waals surface area (Å²) in [6.07, 6.45) is 2.15. The third-order valence-corrected chi connectivity index (χ3v) is 3.35. The molecule has 0 radical (unpaired) electrons. The summed E-state index contributed by atoms with van der Waals surface area (Å²) in [4.78, 5) is 25.4. The lowest BCUT2D eigenvalue weighted by molar-refractivity contribution is -0.384. The summed E-state index contributed by atoms with van der Waals surface area (Å²) >= 11 is 0. The van der Waals surface area contributed by atoms with Crippen molar-refractivity contribution >= 4 is 22.5 Å². The Labute approximate surface area is 121 Å². The summed E-state index contributed by atoms with van der Waals surface area (Å²) in [5.41, 5.74) is 1.00. The van der Waals surface area contributed by atoms with Gasteiger partial charge in [-0.1, -0.05) is 6.92 Å². The molecule has 1 amide bonds. The van der Waals surface area contributed by atoms with Crippen LogP contribution in [0.5, 0.6) is 0 Å². The molecule has 21 heavy (non-hydrogen) atoms. The molecule has 0 aliphatic heterocycles. The predicted molar refractivity (Wildman–Crippen MR) is 78.2 cm³/mol. The lowest BCUT2D eigenvalue weighted by atomic mass is 10.1. The number of amides is 1. The molecule has 0 aliphatic rings. The van der Waals surface area contributed by atoms with Crippen LogP contribution in [0.25, 0.3) is 10.9 Å². The molecule has 0 aliphatic carbocycles. The molecule has 7 nitrogen and oxygen atoms in total. The molecule has 1 heterocycles. The van der Waals surface area contributed by atoms with Crippen LogP contribution in [0.3, 0.4) is 0 Å². The van der Waals surface area contributed by atoms with Crippen molar-refractivity contribution in [2.24, 2.45) is 5.92 Å². The van der Waals surface area contributed by atoms with Crippen LogP contribution >= 0.6 is 0 Å². The number of hydrogen-bond donors (Lipinski definition) is 3. The average molecular weight is 291 g/mol. The van der Waals surface area contributed by atoms with E-state index in [1.807, 2.05) is 6.92 Å². The lowest BCUT2D eigenvalue weighted by Gasteiger charge is -2.10. The van der Waals surface area contributed by atoms with Crippen molar-refractivity contribution in [3.63, 3.8) is 0 Å². The van der Waals surface area contributed by atoms with Crippen LogP contribution in [0.15, 0.2) is 24.4 Å². The molecule has 0 spiro atoms. The molecule has 2 rings (SSSR count). The molecule has 0 saturated heterocycles. The Morgan fingerprint density at radius 1 is 1.52 bits per heavy atom. The number of nitro benzene ring substituents is 1. The number of carbonyl (C=O) groups is 1. The molecule has 2 aromatic rings. The van der Waals surface area contributed by atoms with Gasteiger partial charge in [0, 0.05) is 42.4 Å². The normalized spacial score (nSPS) is 12.3. The van der Waals surface area contributed by atoms with Crippen molar-refractivity contribution < 1.29 is 14.8 Å². The van der Waals surface area contributed by atoms with E-state index < -0.39 is 4.92 Å². The SMILES string of the molecule is CC(CCO)CNC(=O)c1c[nH]c2ccc([N+](=O)[O-])cc12. The first-order valence-electron chi connectivity index (χ1n) is 6.67. The van der Waals surface area contributed by atoms with Crippen molar-refractivity contribution in [3.05, 3.63) is 40.1 Å². The number of nitrogens with zero attached hydrogens (tertiary/aromatic N) is 1. The number of hydrogen-bond acceptors (Lipinski definition) is 4. The van der Waals surface area contributed by atoms with E-state index in [1.54, 1.807) is 12.3 Å². The largest absolute Gasteiger partial charge is 0.396 e. The molecule has 7 heteroatoms. The average Bonchev–Trinajstić information content (AvgIpc) is 2.88. The topological polar surface area (TPSA) is 108 Å². The van der Waals surface area contributed by atoms with E-state index in [4.69, 9.17) is 5.11 Å². The second-order valence-corrected chi connectivity index (χ2v) is 5.02. The number of nitrogens with one attached hydrogen (secondary N) is 2. The van der Waals surface area contributed by atoms with E-state index in [9.17, 15) is 14.9 Å². The number of carbonyl (C=O) groups excluding carboxylic acids is 1. The highest BCUT2D eigenvalue weighted by Gasteiger charge is 2.15. The number of aliphatic hydroxyl groups excluding tert-OH is 1. The Morgan fingerprint density at radius 3 is 2.95 bits per heavy atom. The van der Waals surface area contributed by atoms with Crippen LogP contribution in [0, 0.1) is 16.0 Å². The van der Waals surface area contributed by atoms with Gasteiger partial charge in [-0.25, -0.2) is 0 Å². The zero-order valence-electron chi connectivity index (χ0n) is 11.6. The second kappa shape index (κ2) is 6.36.